The molecule has 0 unspecified atom stereocenters. The van der Waals surface area contributed by atoms with Gasteiger partial charge in [-0.15, -0.1) is 0 Å². The summed E-state index contributed by atoms with van der Waals surface area (Å²) < 4.78 is 1.40. The Morgan fingerprint density at radius 1 is 1.10 bits per heavy atom. The number of benzene rings is 1. The summed E-state index contributed by atoms with van der Waals surface area (Å²) in [6.07, 6.45) is 3.23. The molecule has 0 bridgehead atoms. The van der Waals surface area contributed by atoms with Crippen molar-refractivity contribution in [3.63, 3.8) is 0 Å². The molecule has 0 saturated carbocycles. The molecule has 0 aliphatic heterocycles. The summed E-state index contributed by atoms with van der Waals surface area (Å²) in [5, 5.41) is 2.62. The van der Waals surface area contributed by atoms with Crippen molar-refractivity contribution >= 4 is 17.2 Å². The van der Waals surface area contributed by atoms with Crippen molar-refractivity contribution in [2.45, 2.75) is 6.42 Å². The molecule has 0 atom stereocenters. The number of rotatable bonds is 3. The van der Waals surface area contributed by atoms with Gasteiger partial charge in [-0.05, 0) is 17.7 Å². The van der Waals surface area contributed by atoms with Crippen LogP contribution in [0.3, 0.4) is 0 Å². The molecule has 1 amide bonds. The van der Waals surface area contributed by atoms with Crippen molar-refractivity contribution < 1.29 is 4.79 Å². The zero-order valence-electron chi connectivity index (χ0n) is 11.2. The lowest BCUT2D eigenvalue weighted by atomic mass is 10.1. The van der Waals surface area contributed by atoms with Crippen LogP contribution in [0.4, 0.5) is 5.69 Å². The molecule has 0 fully saturated rings. The van der Waals surface area contributed by atoms with Gasteiger partial charge in [0.15, 0.2) is 0 Å². The molecule has 1 N–H and O–H groups in total. The maximum atomic E-state index is 12.2. The first-order valence-corrected chi connectivity index (χ1v) is 6.54. The van der Waals surface area contributed by atoms with E-state index in [0.717, 1.165) is 5.56 Å². The predicted molar refractivity (Wildman–Crippen MR) is 80.2 cm³/mol. The number of nitrogens with zero attached hydrogens (tertiary/aromatic N) is 2. The first-order valence-electron chi connectivity index (χ1n) is 6.54. The minimum Gasteiger partial charge on any atom is -0.320 e. The monoisotopic (exact) mass is 279 g/mol. The quantitative estimate of drug-likeness (QED) is 0.796. The van der Waals surface area contributed by atoms with Crippen LogP contribution in [0.1, 0.15) is 5.56 Å². The van der Waals surface area contributed by atoms with Crippen molar-refractivity contribution in [3.8, 4) is 0 Å². The van der Waals surface area contributed by atoms with E-state index in [1.807, 2.05) is 30.3 Å². The summed E-state index contributed by atoms with van der Waals surface area (Å²) in [6.45, 7) is 0. The number of amides is 1. The molecule has 3 rings (SSSR count). The van der Waals surface area contributed by atoms with Gasteiger partial charge in [-0.1, -0.05) is 36.4 Å². The summed E-state index contributed by atoms with van der Waals surface area (Å²) in [5.74, 6) is -0.240. The zero-order chi connectivity index (χ0) is 14.7. The minimum atomic E-state index is -0.290. The van der Waals surface area contributed by atoms with Crippen LogP contribution in [0.2, 0.25) is 0 Å². The van der Waals surface area contributed by atoms with E-state index in [2.05, 4.69) is 10.3 Å². The van der Waals surface area contributed by atoms with Crippen molar-refractivity contribution in [1.29, 1.82) is 0 Å². The smallest absolute Gasteiger partial charge is 0.281 e. The summed E-state index contributed by atoms with van der Waals surface area (Å²) in [4.78, 5) is 28.4. The van der Waals surface area contributed by atoms with Crippen LogP contribution in [-0.2, 0) is 11.2 Å². The molecule has 5 nitrogen and oxygen atoms in total. The SMILES string of the molecule is O=C(Cc1ccccc1)Nc1cnc2ccccn2c1=O. The molecule has 1 aromatic carbocycles. The first-order chi connectivity index (χ1) is 10.2. The fourth-order valence-electron chi connectivity index (χ4n) is 2.09. The number of pyridine rings is 1. The van der Waals surface area contributed by atoms with Gasteiger partial charge in [-0.2, -0.15) is 0 Å². The standard InChI is InChI=1S/C16H13N3O2/c20-15(10-12-6-2-1-3-7-12)18-13-11-17-14-8-4-5-9-19(14)16(13)21/h1-9,11H,10H2,(H,18,20). The average Bonchev–Trinajstić information content (AvgIpc) is 2.51. The molecule has 0 saturated heterocycles. The number of hydrogen-bond donors (Lipinski definition) is 1. The van der Waals surface area contributed by atoms with Gasteiger partial charge in [0.25, 0.3) is 5.56 Å². The summed E-state index contributed by atoms with van der Waals surface area (Å²) in [5.41, 5.74) is 1.33. The van der Waals surface area contributed by atoms with E-state index in [0.29, 0.717) is 5.65 Å². The van der Waals surface area contributed by atoms with Gasteiger partial charge in [0.05, 0.1) is 12.6 Å². The second-order valence-electron chi connectivity index (χ2n) is 4.62. The lowest BCUT2D eigenvalue weighted by Crippen LogP contribution is -2.24. The van der Waals surface area contributed by atoms with Gasteiger partial charge < -0.3 is 5.32 Å². The fourth-order valence-corrected chi connectivity index (χ4v) is 2.09. The second-order valence-corrected chi connectivity index (χ2v) is 4.62. The number of aromatic nitrogens is 2. The zero-order valence-corrected chi connectivity index (χ0v) is 11.2. The molecule has 0 radical (unpaired) electrons. The average molecular weight is 279 g/mol. The Morgan fingerprint density at radius 2 is 1.86 bits per heavy atom. The third-order valence-corrected chi connectivity index (χ3v) is 3.10. The van der Waals surface area contributed by atoms with Crippen molar-refractivity contribution in [2.24, 2.45) is 0 Å². The molecule has 21 heavy (non-hydrogen) atoms. The van der Waals surface area contributed by atoms with Crippen LogP contribution in [0.25, 0.3) is 5.65 Å². The Kier molecular flexibility index (Phi) is 3.47. The van der Waals surface area contributed by atoms with Crippen LogP contribution in [0.15, 0.2) is 65.7 Å². The fraction of sp³-hybridized carbons (Fsp3) is 0.0625. The van der Waals surface area contributed by atoms with Crippen LogP contribution in [-0.4, -0.2) is 15.3 Å². The van der Waals surface area contributed by atoms with E-state index >= 15 is 0 Å². The number of carbonyl (C=O) groups excluding carboxylic acids is 1. The third kappa shape index (κ3) is 2.81. The van der Waals surface area contributed by atoms with E-state index in [-0.39, 0.29) is 23.6 Å². The Hall–Kier alpha value is -2.95. The highest BCUT2D eigenvalue weighted by molar-refractivity contribution is 5.92. The molecule has 0 spiro atoms. The van der Waals surface area contributed by atoms with Crippen LogP contribution in [0, 0.1) is 0 Å². The molecule has 5 heteroatoms. The molecule has 0 aliphatic rings. The van der Waals surface area contributed by atoms with Crippen LogP contribution < -0.4 is 10.9 Å². The summed E-state index contributed by atoms with van der Waals surface area (Å²) >= 11 is 0. The molecule has 3 aromatic rings. The predicted octanol–water partition coefficient (Wildman–Crippen LogP) is 1.88. The van der Waals surface area contributed by atoms with E-state index < -0.39 is 0 Å². The molecular formula is C16H13N3O2. The molecule has 2 heterocycles. The van der Waals surface area contributed by atoms with Crippen molar-refractivity contribution in [3.05, 3.63) is 76.8 Å². The lowest BCUT2D eigenvalue weighted by Gasteiger charge is -2.06. The summed E-state index contributed by atoms with van der Waals surface area (Å²) in [6, 6.07) is 14.6. The van der Waals surface area contributed by atoms with Gasteiger partial charge in [-0.25, -0.2) is 4.98 Å². The lowest BCUT2D eigenvalue weighted by molar-refractivity contribution is -0.115. The Balaban J connectivity index is 1.83. The number of anilines is 1. The summed E-state index contributed by atoms with van der Waals surface area (Å²) in [7, 11) is 0. The van der Waals surface area contributed by atoms with Gasteiger partial charge in [0.2, 0.25) is 5.91 Å². The van der Waals surface area contributed by atoms with Crippen LogP contribution >= 0.6 is 0 Å². The first kappa shape index (κ1) is 13.1. The van der Waals surface area contributed by atoms with Gasteiger partial charge in [0.1, 0.15) is 11.3 Å². The molecular weight excluding hydrogens is 266 g/mol. The molecule has 2 aromatic heterocycles. The Bertz CT molecular complexity index is 841. The minimum absolute atomic E-state index is 0.180. The molecule has 0 aliphatic carbocycles. The number of carbonyl (C=O) groups is 1. The topological polar surface area (TPSA) is 63.5 Å². The van der Waals surface area contributed by atoms with Gasteiger partial charge in [0, 0.05) is 6.20 Å². The van der Waals surface area contributed by atoms with Gasteiger partial charge >= 0.3 is 0 Å². The van der Waals surface area contributed by atoms with Crippen molar-refractivity contribution in [2.75, 3.05) is 5.32 Å². The maximum Gasteiger partial charge on any atom is 0.281 e. The third-order valence-electron chi connectivity index (χ3n) is 3.10. The highest BCUT2D eigenvalue weighted by Crippen LogP contribution is 2.04. The van der Waals surface area contributed by atoms with E-state index in [1.165, 1.54) is 10.6 Å². The number of nitrogens with one attached hydrogen (secondary N) is 1. The van der Waals surface area contributed by atoms with E-state index in [4.69, 9.17) is 0 Å². The normalized spacial score (nSPS) is 10.5. The highest BCUT2D eigenvalue weighted by atomic mass is 16.2. The Labute approximate surface area is 120 Å². The highest BCUT2D eigenvalue weighted by Gasteiger charge is 2.08. The van der Waals surface area contributed by atoms with E-state index in [9.17, 15) is 9.59 Å². The number of fused-ring (bicyclic) bond motifs is 1. The van der Waals surface area contributed by atoms with E-state index in [1.54, 1.807) is 24.4 Å². The second kappa shape index (κ2) is 5.58. The molecule has 104 valence electrons. The van der Waals surface area contributed by atoms with Gasteiger partial charge in [-0.3, -0.25) is 14.0 Å². The Morgan fingerprint density at radius 3 is 2.67 bits per heavy atom. The maximum absolute atomic E-state index is 12.2. The van der Waals surface area contributed by atoms with Crippen LogP contribution in [0.5, 0.6) is 0 Å². The van der Waals surface area contributed by atoms with Crippen molar-refractivity contribution in [1.82, 2.24) is 9.38 Å². The number of hydrogen-bond acceptors (Lipinski definition) is 3. The largest absolute Gasteiger partial charge is 0.320 e.